The van der Waals surface area contributed by atoms with Gasteiger partial charge >= 0.3 is 19.8 Å². The summed E-state index contributed by atoms with van der Waals surface area (Å²) in [5.41, 5.74) is 5.40. The van der Waals surface area contributed by atoms with Crippen LogP contribution in [-0.4, -0.2) is 49.3 Å². The zero-order valence-corrected chi connectivity index (χ0v) is 54.3. The van der Waals surface area contributed by atoms with Gasteiger partial charge in [-0.1, -0.05) is 315 Å². The van der Waals surface area contributed by atoms with Crippen molar-refractivity contribution in [1.82, 2.24) is 0 Å². The van der Waals surface area contributed by atoms with Crippen LogP contribution in [0.15, 0.2) is 122 Å². The van der Waals surface area contributed by atoms with Gasteiger partial charge in [0.2, 0.25) is 0 Å². The van der Waals surface area contributed by atoms with E-state index >= 15 is 0 Å². The van der Waals surface area contributed by atoms with E-state index in [9.17, 15) is 19.0 Å². The fourth-order valence-corrected chi connectivity index (χ4v) is 10.1. The van der Waals surface area contributed by atoms with Crippen molar-refractivity contribution in [3.63, 3.8) is 0 Å². The molecule has 0 aliphatic heterocycles. The molecule has 0 aromatic heterocycles. The Morgan fingerprint density at radius 1 is 0.373 bits per heavy atom. The van der Waals surface area contributed by atoms with Crippen LogP contribution >= 0.6 is 7.82 Å². The molecule has 83 heavy (non-hydrogen) atoms. The van der Waals surface area contributed by atoms with E-state index in [0.29, 0.717) is 6.42 Å². The van der Waals surface area contributed by atoms with Gasteiger partial charge in [-0.05, 0) is 89.9 Å². The third-order valence-corrected chi connectivity index (χ3v) is 15.3. The molecular weight excluding hydrogens is 1050 g/mol. The normalized spacial score (nSPS) is 13.7. The highest BCUT2D eigenvalue weighted by Gasteiger charge is 2.26. The Balaban J connectivity index is 3.96. The topological polar surface area (TPSA) is 134 Å². The summed E-state index contributed by atoms with van der Waals surface area (Å²) in [5, 5.41) is 0. The zero-order valence-electron chi connectivity index (χ0n) is 53.4. The Labute approximate surface area is 511 Å². The average Bonchev–Trinajstić information content (AvgIpc) is 3.48. The molecule has 0 aromatic rings. The number of phosphoric ester groups is 1. The lowest BCUT2D eigenvalue weighted by atomic mass is 10.0. The number of allylic oxidation sites excluding steroid dienone is 20. The van der Waals surface area contributed by atoms with E-state index < -0.39 is 26.5 Å². The minimum Gasteiger partial charge on any atom is -0.462 e. The van der Waals surface area contributed by atoms with Crippen LogP contribution in [0.25, 0.3) is 0 Å². The number of ether oxygens (including phenoxy) is 2. The fourth-order valence-electron chi connectivity index (χ4n) is 9.37. The zero-order chi connectivity index (χ0) is 60.1. The highest BCUT2D eigenvalue weighted by molar-refractivity contribution is 7.47. The van der Waals surface area contributed by atoms with E-state index in [2.05, 4.69) is 135 Å². The summed E-state index contributed by atoms with van der Waals surface area (Å²) < 4.78 is 33.1. The Morgan fingerprint density at radius 3 is 0.988 bits per heavy atom. The number of phosphoric acid groups is 1. The summed E-state index contributed by atoms with van der Waals surface area (Å²) in [6.07, 6.45) is 94.2. The van der Waals surface area contributed by atoms with Crippen LogP contribution in [0.4, 0.5) is 0 Å². The molecule has 0 bridgehead atoms. The molecule has 0 fully saturated rings. The van der Waals surface area contributed by atoms with Gasteiger partial charge in [-0.15, -0.1) is 0 Å². The van der Waals surface area contributed by atoms with Crippen molar-refractivity contribution in [2.24, 2.45) is 5.73 Å². The summed E-state index contributed by atoms with van der Waals surface area (Å²) in [7, 11) is -4.40. The van der Waals surface area contributed by atoms with E-state index in [1.165, 1.54) is 154 Å². The van der Waals surface area contributed by atoms with E-state index in [0.717, 1.165) is 109 Å². The highest BCUT2D eigenvalue weighted by Crippen LogP contribution is 2.43. The van der Waals surface area contributed by atoms with E-state index in [1.807, 2.05) is 0 Å². The van der Waals surface area contributed by atoms with Crippen molar-refractivity contribution in [2.75, 3.05) is 26.4 Å². The first kappa shape index (κ1) is 79.4. The third kappa shape index (κ3) is 67.4. The molecule has 3 N–H and O–H groups in total. The van der Waals surface area contributed by atoms with E-state index in [-0.39, 0.29) is 38.6 Å². The van der Waals surface area contributed by atoms with Crippen molar-refractivity contribution < 1.29 is 37.6 Å². The molecule has 0 saturated carbocycles. The number of unbranched alkanes of at least 4 members (excludes halogenated alkanes) is 30. The Morgan fingerprint density at radius 2 is 0.663 bits per heavy atom. The second kappa shape index (κ2) is 67.5. The molecule has 2 unspecified atom stereocenters. The molecule has 9 nitrogen and oxygen atoms in total. The molecule has 10 heteroatoms. The Bertz CT molecular complexity index is 1770. The molecule has 2 atom stereocenters. The third-order valence-electron chi connectivity index (χ3n) is 14.4. The molecule has 0 aromatic carbocycles. The van der Waals surface area contributed by atoms with Gasteiger partial charge in [0.05, 0.1) is 13.2 Å². The maximum atomic E-state index is 12.8. The second-order valence-corrected chi connectivity index (χ2v) is 23.8. The first-order chi connectivity index (χ1) is 40.8. The maximum absolute atomic E-state index is 12.8. The summed E-state index contributed by atoms with van der Waals surface area (Å²) in [6.45, 7) is 3.65. The molecule has 0 aliphatic carbocycles. The number of nitrogens with two attached hydrogens (primary N) is 1. The standard InChI is InChI=1S/C73H126NO8P/c1-3-5-7-9-11-13-15-17-19-21-23-25-27-28-29-30-31-32-33-34-35-36-37-38-39-40-41-42-44-46-48-50-52-54-56-58-60-62-64-66-73(76)82-71(70-81-83(77,78)80-68-67-74)69-79-72(75)65-63-61-59-57-55-53-51-49-47-45-43-26-24-22-20-18-16-14-12-10-8-6-4-2/h5,7,11,13,17,19,23,25,28-29,31-32,34-35,37-38,40-41,44,46,71H,3-4,6,8-10,12,14-16,18,20-22,24,26-27,30,33,36,39,42-43,45,47-70,74H2,1-2H3,(H,77,78)/b7-5-,13-11-,19-17-,25-23-,29-28-,32-31-,35-34-,38-37-,41-40-,46-44-. The molecule has 0 amide bonds. The molecule has 0 radical (unpaired) electrons. The number of carbonyl (C=O) groups excluding carboxylic acids is 2. The molecular formula is C73H126NO8P. The number of esters is 2. The summed E-state index contributed by atoms with van der Waals surface area (Å²) in [6, 6.07) is 0. The summed E-state index contributed by atoms with van der Waals surface area (Å²) in [5.74, 6) is -0.832. The van der Waals surface area contributed by atoms with Gasteiger partial charge in [0.25, 0.3) is 0 Å². The first-order valence-electron chi connectivity index (χ1n) is 34.0. The van der Waals surface area contributed by atoms with Crippen molar-refractivity contribution in [1.29, 1.82) is 0 Å². The average molecular weight is 1180 g/mol. The lowest BCUT2D eigenvalue weighted by Crippen LogP contribution is -2.29. The number of carbonyl (C=O) groups is 2. The monoisotopic (exact) mass is 1180 g/mol. The fraction of sp³-hybridized carbons (Fsp3) is 0.699. The number of hydrogen-bond donors (Lipinski definition) is 2. The quantitative estimate of drug-likeness (QED) is 0.0264. The van der Waals surface area contributed by atoms with Crippen molar-refractivity contribution in [3.8, 4) is 0 Å². The molecule has 0 aliphatic rings. The lowest BCUT2D eigenvalue weighted by Gasteiger charge is -2.19. The number of hydrogen-bond acceptors (Lipinski definition) is 8. The molecule has 0 heterocycles. The van der Waals surface area contributed by atoms with Crippen LogP contribution in [0.2, 0.25) is 0 Å². The molecule has 0 rings (SSSR count). The predicted molar refractivity (Wildman–Crippen MR) is 358 cm³/mol. The minimum absolute atomic E-state index is 0.0481. The SMILES string of the molecule is CC/C=C\C/C=C\C/C=C\C/C=C\C/C=C\C/C=C\C/C=C\C/C=C\C/C=C\C/C=C\CCCCCCCCCCC(=O)OC(COC(=O)CCCCCCCCCCCCCCCCCCCCCCCCC)COP(=O)(O)OCCN. The van der Waals surface area contributed by atoms with Crippen LogP contribution in [-0.2, 0) is 32.7 Å². The smallest absolute Gasteiger partial charge is 0.462 e. The van der Waals surface area contributed by atoms with Crippen molar-refractivity contribution in [2.45, 2.75) is 302 Å². The van der Waals surface area contributed by atoms with Crippen LogP contribution in [0.5, 0.6) is 0 Å². The summed E-state index contributed by atoms with van der Waals surface area (Å²) >= 11 is 0. The Kier molecular flexibility index (Phi) is 64.6. The predicted octanol–water partition coefficient (Wildman–Crippen LogP) is 22.3. The maximum Gasteiger partial charge on any atom is 0.472 e. The van der Waals surface area contributed by atoms with Gasteiger partial charge in [-0.25, -0.2) is 4.57 Å². The molecule has 476 valence electrons. The second-order valence-electron chi connectivity index (χ2n) is 22.3. The van der Waals surface area contributed by atoms with Crippen LogP contribution in [0.3, 0.4) is 0 Å². The van der Waals surface area contributed by atoms with Gasteiger partial charge < -0.3 is 20.1 Å². The van der Waals surface area contributed by atoms with E-state index in [4.69, 9.17) is 24.3 Å². The Hall–Kier alpha value is -3.59. The van der Waals surface area contributed by atoms with Crippen LogP contribution in [0.1, 0.15) is 296 Å². The van der Waals surface area contributed by atoms with Gasteiger partial charge in [0, 0.05) is 19.4 Å². The van der Waals surface area contributed by atoms with Crippen LogP contribution in [0, 0.1) is 0 Å². The van der Waals surface area contributed by atoms with Gasteiger partial charge in [-0.2, -0.15) is 0 Å². The summed E-state index contributed by atoms with van der Waals surface area (Å²) in [4.78, 5) is 35.3. The van der Waals surface area contributed by atoms with E-state index in [1.54, 1.807) is 0 Å². The van der Waals surface area contributed by atoms with Crippen molar-refractivity contribution in [3.05, 3.63) is 122 Å². The number of rotatable bonds is 63. The minimum atomic E-state index is -4.40. The molecule has 0 saturated heterocycles. The first-order valence-corrected chi connectivity index (χ1v) is 35.5. The van der Waals surface area contributed by atoms with Gasteiger partial charge in [0.15, 0.2) is 6.10 Å². The van der Waals surface area contributed by atoms with Crippen molar-refractivity contribution >= 4 is 19.8 Å². The van der Waals surface area contributed by atoms with Gasteiger partial charge in [0.1, 0.15) is 6.61 Å². The van der Waals surface area contributed by atoms with Crippen LogP contribution < -0.4 is 5.73 Å². The van der Waals surface area contributed by atoms with Gasteiger partial charge in [-0.3, -0.25) is 18.6 Å². The molecule has 0 spiro atoms. The largest absolute Gasteiger partial charge is 0.472 e. The lowest BCUT2D eigenvalue weighted by molar-refractivity contribution is -0.161. The highest BCUT2D eigenvalue weighted by atomic mass is 31.2.